The van der Waals surface area contributed by atoms with Gasteiger partial charge in [-0.05, 0) is 24.6 Å². The monoisotopic (exact) mass is 352 g/mol. The number of hydrogen-bond donors (Lipinski definition) is 1. The summed E-state index contributed by atoms with van der Waals surface area (Å²) >= 11 is 6.47. The molecule has 0 saturated carbocycles. The van der Waals surface area contributed by atoms with Gasteiger partial charge in [-0.25, -0.2) is 9.97 Å². The van der Waals surface area contributed by atoms with Crippen molar-refractivity contribution in [3.05, 3.63) is 70.5 Å². The van der Waals surface area contributed by atoms with Crippen LogP contribution in [0.5, 0.6) is 0 Å². The highest BCUT2D eigenvalue weighted by atomic mass is 35.5. The van der Waals surface area contributed by atoms with Crippen LogP contribution in [-0.2, 0) is 6.54 Å². The first-order chi connectivity index (χ1) is 12.1. The second-order valence-corrected chi connectivity index (χ2v) is 5.88. The van der Waals surface area contributed by atoms with Gasteiger partial charge in [0.15, 0.2) is 0 Å². The molecule has 0 radical (unpaired) electrons. The maximum Gasteiger partial charge on any atom is 0.260 e. The largest absolute Gasteiger partial charge is 0.385 e. The smallest absolute Gasteiger partial charge is 0.260 e. The Kier molecular flexibility index (Phi) is 4.67. The zero-order valence-corrected chi connectivity index (χ0v) is 14.5. The average Bonchev–Trinajstić information content (AvgIpc) is 2.63. The van der Waals surface area contributed by atoms with E-state index in [-0.39, 0.29) is 5.56 Å². The number of benzene rings is 1. The van der Waals surface area contributed by atoms with Crippen molar-refractivity contribution in [3.8, 4) is 22.3 Å². The van der Waals surface area contributed by atoms with Crippen molar-refractivity contribution >= 4 is 23.5 Å². The van der Waals surface area contributed by atoms with Crippen LogP contribution in [0.4, 0.5) is 5.82 Å². The van der Waals surface area contributed by atoms with Crippen molar-refractivity contribution in [3.63, 3.8) is 0 Å². The first kappa shape index (κ1) is 16.9. The molecular weight excluding hydrogens is 336 g/mol. The molecule has 0 bridgehead atoms. The van der Waals surface area contributed by atoms with Gasteiger partial charge in [-0.2, -0.15) is 0 Å². The van der Waals surface area contributed by atoms with Crippen molar-refractivity contribution in [1.29, 1.82) is 0 Å². The quantitative estimate of drug-likeness (QED) is 0.773. The lowest BCUT2D eigenvalue weighted by Crippen LogP contribution is -2.24. The van der Waals surface area contributed by atoms with Crippen LogP contribution in [0.25, 0.3) is 28.3 Å². The summed E-state index contributed by atoms with van der Waals surface area (Å²) in [6, 6.07) is 7.24. The van der Waals surface area contributed by atoms with E-state index in [9.17, 15) is 4.79 Å². The molecule has 0 atom stereocenters. The van der Waals surface area contributed by atoms with Gasteiger partial charge >= 0.3 is 0 Å². The normalized spacial score (nSPS) is 10.6. The Hall–Kier alpha value is -2.92. The van der Waals surface area contributed by atoms with Crippen molar-refractivity contribution in [2.45, 2.75) is 13.5 Å². The molecule has 3 rings (SSSR count). The van der Waals surface area contributed by atoms with Gasteiger partial charge in [0.25, 0.3) is 5.56 Å². The van der Waals surface area contributed by atoms with Gasteiger partial charge < -0.3 is 5.73 Å². The van der Waals surface area contributed by atoms with E-state index < -0.39 is 0 Å². The molecule has 0 fully saturated rings. The number of rotatable bonds is 4. The Labute approximate surface area is 150 Å². The molecule has 3 aromatic rings. The highest BCUT2D eigenvalue weighted by molar-refractivity contribution is 6.33. The number of hydrogen-bond acceptors (Lipinski definition) is 4. The third-order valence-electron chi connectivity index (χ3n) is 4.05. The number of nitrogens with two attached hydrogens (primary N) is 1. The molecule has 6 heteroatoms. The Balaban J connectivity index is 2.18. The molecule has 1 aromatic carbocycles. The van der Waals surface area contributed by atoms with Crippen LogP contribution in [0.2, 0.25) is 5.02 Å². The van der Waals surface area contributed by atoms with E-state index in [1.165, 1.54) is 10.9 Å². The van der Waals surface area contributed by atoms with E-state index in [1.807, 2.05) is 19.1 Å². The lowest BCUT2D eigenvalue weighted by molar-refractivity contribution is 0.740. The van der Waals surface area contributed by atoms with Crippen LogP contribution in [0.1, 0.15) is 12.5 Å². The van der Waals surface area contributed by atoms with Gasteiger partial charge in [-0.1, -0.05) is 36.4 Å². The summed E-state index contributed by atoms with van der Waals surface area (Å²) in [5.74, 6) is 0.403. The summed E-state index contributed by atoms with van der Waals surface area (Å²) in [6.45, 7) is 6.10. The predicted molar refractivity (Wildman–Crippen MR) is 102 cm³/mol. The fourth-order valence-corrected chi connectivity index (χ4v) is 3.02. The third-order valence-corrected chi connectivity index (χ3v) is 4.36. The second-order valence-electron chi connectivity index (χ2n) is 5.47. The van der Waals surface area contributed by atoms with Gasteiger partial charge in [-0.15, -0.1) is 0 Å². The molecule has 0 aliphatic rings. The zero-order chi connectivity index (χ0) is 18.0. The minimum atomic E-state index is -0.178. The van der Waals surface area contributed by atoms with E-state index >= 15 is 0 Å². The van der Waals surface area contributed by atoms with E-state index in [0.29, 0.717) is 34.1 Å². The predicted octanol–water partition coefficient (Wildman–Crippen LogP) is 3.87. The molecule has 0 unspecified atom stereocenters. The summed E-state index contributed by atoms with van der Waals surface area (Å²) in [4.78, 5) is 20.8. The lowest BCUT2D eigenvalue weighted by Gasteiger charge is -2.14. The summed E-state index contributed by atoms with van der Waals surface area (Å²) in [7, 11) is 0. The van der Waals surface area contributed by atoms with Crippen molar-refractivity contribution in [1.82, 2.24) is 14.5 Å². The molecule has 0 amide bonds. The van der Waals surface area contributed by atoms with E-state index in [4.69, 9.17) is 17.3 Å². The average molecular weight is 353 g/mol. The fourth-order valence-electron chi connectivity index (χ4n) is 2.73. The van der Waals surface area contributed by atoms with Crippen molar-refractivity contribution in [2.75, 3.05) is 5.73 Å². The second kappa shape index (κ2) is 6.91. The number of nitrogen functional groups attached to an aromatic ring is 1. The summed E-state index contributed by atoms with van der Waals surface area (Å²) in [6.07, 6.45) is 6.52. The Morgan fingerprint density at radius 2 is 1.92 bits per heavy atom. The molecule has 5 nitrogen and oxygen atoms in total. The molecule has 0 spiro atoms. The van der Waals surface area contributed by atoms with Crippen LogP contribution in [-0.4, -0.2) is 14.5 Å². The molecule has 0 saturated heterocycles. The Bertz CT molecular complexity index is 996. The Morgan fingerprint density at radius 3 is 2.52 bits per heavy atom. The van der Waals surface area contributed by atoms with E-state index in [0.717, 1.165) is 11.1 Å². The fraction of sp³-hybridized carbons (Fsp3) is 0.105. The minimum Gasteiger partial charge on any atom is -0.385 e. The summed E-state index contributed by atoms with van der Waals surface area (Å²) in [5.41, 5.74) is 9.43. The van der Waals surface area contributed by atoms with E-state index in [2.05, 4.69) is 16.5 Å². The Morgan fingerprint density at radius 1 is 1.20 bits per heavy atom. The zero-order valence-electron chi connectivity index (χ0n) is 13.7. The molecule has 2 heterocycles. The van der Waals surface area contributed by atoms with Crippen LogP contribution >= 0.6 is 11.6 Å². The maximum absolute atomic E-state index is 12.8. The molecule has 25 heavy (non-hydrogen) atoms. The molecule has 0 aliphatic heterocycles. The van der Waals surface area contributed by atoms with Crippen molar-refractivity contribution < 1.29 is 0 Å². The van der Waals surface area contributed by atoms with E-state index in [1.54, 1.807) is 30.6 Å². The minimum absolute atomic E-state index is 0.178. The van der Waals surface area contributed by atoms with Gasteiger partial charge in [0.1, 0.15) is 12.1 Å². The number of halogens is 1. The third kappa shape index (κ3) is 3.06. The number of nitrogens with zero attached hydrogens (tertiary/aromatic N) is 3. The first-order valence-electron chi connectivity index (χ1n) is 7.77. The molecule has 0 aliphatic carbocycles. The van der Waals surface area contributed by atoms with Gasteiger partial charge in [-0.3, -0.25) is 9.36 Å². The number of aromatic nitrogens is 3. The van der Waals surface area contributed by atoms with Gasteiger partial charge in [0.05, 0.1) is 0 Å². The highest BCUT2D eigenvalue weighted by Gasteiger charge is 2.15. The van der Waals surface area contributed by atoms with Gasteiger partial charge in [0, 0.05) is 46.2 Å². The number of pyridine rings is 1. The van der Waals surface area contributed by atoms with Crippen LogP contribution in [0.3, 0.4) is 0 Å². The lowest BCUT2D eigenvalue weighted by atomic mass is 10.0. The maximum atomic E-state index is 12.8. The molecular formula is C19H17ClN4O. The van der Waals surface area contributed by atoms with Gasteiger partial charge in [0.2, 0.25) is 0 Å². The highest BCUT2D eigenvalue weighted by Crippen LogP contribution is 2.31. The van der Waals surface area contributed by atoms with Crippen LogP contribution in [0, 0.1) is 0 Å². The molecule has 126 valence electrons. The number of anilines is 1. The topological polar surface area (TPSA) is 73.8 Å². The first-order valence-corrected chi connectivity index (χ1v) is 8.15. The SMILES string of the molecule is C=Cc1cc(-c2ccc(-c3cncnc3)cc2Cl)c(=O)n(CC)c1N. The summed E-state index contributed by atoms with van der Waals surface area (Å²) < 4.78 is 1.52. The standard InChI is InChI=1S/C19H17ClN4O/c1-3-12-7-16(19(25)24(4-2)18(12)21)15-6-5-13(8-17(15)20)14-9-22-11-23-10-14/h3,5-11H,1,4,21H2,2H3. The van der Waals surface area contributed by atoms with Crippen LogP contribution < -0.4 is 11.3 Å². The summed E-state index contributed by atoms with van der Waals surface area (Å²) in [5, 5.41) is 0.473. The molecule has 2 N–H and O–H groups in total. The molecule has 2 aromatic heterocycles. The van der Waals surface area contributed by atoms with Crippen LogP contribution in [0.15, 0.2) is 54.4 Å². The van der Waals surface area contributed by atoms with Crippen molar-refractivity contribution in [2.24, 2.45) is 0 Å².